The Bertz CT molecular complexity index is 1200. The van der Waals surface area contributed by atoms with E-state index in [0.717, 1.165) is 50.1 Å². The van der Waals surface area contributed by atoms with Gasteiger partial charge in [0.1, 0.15) is 0 Å². The van der Waals surface area contributed by atoms with Gasteiger partial charge in [-0.2, -0.15) is 0 Å². The Morgan fingerprint density at radius 2 is 1.61 bits per heavy atom. The summed E-state index contributed by atoms with van der Waals surface area (Å²) >= 11 is 0. The number of nitrogens with zero attached hydrogens (tertiary/aromatic N) is 2. The SMILES string of the molecule is Cc1ccc(-c2c(C)c3c(c(C)c2CC(=O)O)CN(C(=O)c2cnccc2C)C3)cc1. The molecule has 0 spiro atoms. The molecule has 3 aromatic rings. The number of rotatable bonds is 4. The molecule has 5 heteroatoms. The zero-order valence-electron chi connectivity index (χ0n) is 18.3. The third-order valence-corrected chi connectivity index (χ3v) is 6.32. The van der Waals surface area contributed by atoms with Crippen LogP contribution in [0.25, 0.3) is 11.1 Å². The van der Waals surface area contributed by atoms with Crippen LogP contribution in [-0.4, -0.2) is 26.9 Å². The average molecular weight is 415 g/mol. The number of carbonyl (C=O) groups excluding carboxylic acids is 1. The maximum atomic E-state index is 13.2. The molecule has 1 N–H and O–H groups in total. The quantitative estimate of drug-likeness (QED) is 0.668. The Morgan fingerprint density at radius 3 is 2.23 bits per heavy atom. The lowest BCUT2D eigenvalue weighted by atomic mass is 9.84. The molecule has 0 atom stereocenters. The van der Waals surface area contributed by atoms with Gasteiger partial charge in [-0.1, -0.05) is 29.8 Å². The van der Waals surface area contributed by atoms with E-state index in [1.54, 1.807) is 12.4 Å². The highest BCUT2D eigenvalue weighted by atomic mass is 16.4. The van der Waals surface area contributed by atoms with Gasteiger partial charge in [-0.05, 0) is 78.3 Å². The van der Waals surface area contributed by atoms with E-state index in [1.165, 1.54) is 0 Å². The van der Waals surface area contributed by atoms with Crippen LogP contribution in [0.5, 0.6) is 0 Å². The summed E-state index contributed by atoms with van der Waals surface area (Å²) in [5.41, 5.74) is 9.70. The number of hydrogen-bond acceptors (Lipinski definition) is 3. The summed E-state index contributed by atoms with van der Waals surface area (Å²) in [6.45, 7) is 8.97. The molecule has 2 aromatic carbocycles. The van der Waals surface area contributed by atoms with Crippen LogP contribution in [0.15, 0.2) is 42.7 Å². The van der Waals surface area contributed by atoms with Gasteiger partial charge in [0.05, 0.1) is 12.0 Å². The fraction of sp³-hybridized carbons (Fsp3) is 0.269. The predicted octanol–water partition coefficient (Wildman–Crippen LogP) is 4.77. The molecule has 0 unspecified atom stereocenters. The van der Waals surface area contributed by atoms with Crippen LogP contribution in [0.2, 0.25) is 0 Å². The van der Waals surface area contributed by atoms with Crippen molar-refractivity contribution in [3.05, 3.63) is 87.2 Å². The first-order valence-electron chi connectivity index (χ1n) is 10.4. The van der Waals surface area contributed by atoms with Crippen molar-refractivity contribution in [1.82, 2.24) is 9.88 Å². The molecular weight excluding hydrogens is 388 g/mol. The van der Waals surface area contributed by atoms with E-state index in [-0.39, 0.29) is 12.3 Å². The smallest absolute Gasteiger partial charge is 0.307 e. The molecule has 0 saturated carbocycles. The first-order valence-corrected chi connectivity index (χ1v) is 10.4. The highest BCUT2D eigenvalue weighted by molar-refractivity contribution is 5.96. The molecular formula is C26H26N2O3. The van der Waals surface area contributed by atoms with E-state index >= 15 is 0 Å². The van der Waals surface area contributed by atoms with E-state index < -0.39 is 5.97 Å². The zero-order valence-corrected chi connectivity index (χ0v) is 18.3. The Morgan fingerprint density at radius 1 is 0.968 bits per heavy atom. The number of carboxylic acids is 1. The molecule has 5 nitrogen and oxygen atoms in total. The van der Waals surface area contributed by atoms with Crippen molar-refractivity contribution in [3.63, 3.8) is 0 Å². The first-order chi connectivity index (χ1) is 14.8. The number of benzene rings is 2. The fourth-order valence-corrected chi connectivity index (χ4v) is 4.55. The number of aromatic nitrogens is 1. The van der Waals surface area contributed by atoms with Gasteiger partial charge in [0.2, 0.25) is 0 Å². The molecule has 4 rings (SSSR count). The van der Waals surface area contributed by atoms with Gasteiger partial charge in [-0.3, -0.25) is 14.6 Å². The summed E-state index contributed by atoms with van der Waals surface area (Å²) < 4.78 is 0. The molecule has 31 heavy (non-hydrogen) atoms. The van der Waals surface area contributed by atoms with Gasteiger partial charge in [-0.25, -0.2) is 0 Å². The highest BCUT2D eigenvalue weighted by Gasteiger charge is 2.31. The second-order valence-electron chi connectivity index (χ2n) is 8.35. The number of fused-ring (bicyclic) bond motifs is 1. The summed E-state index contributed by atoms with van der Waals surface area (Å²) in [7, 11) is 0. The summed E-state index contributed by atoms with van der Waals surface area (Å²) in [5, 5.41) is 9.59. The van der Waals surface area contributed by atoms with Crippen molar-refractivity contribution >= 4 is 11.9 Å². The van der Waals surface area contributed by atoms with Crippen molar-refractivity contribution in [1.29, 1.82) is 0 Å². The van der Waals surface area contributed by atoms with Crippen LogP contribution in [0, 0.1) is 27.7 Å². The molecule has 0 saturated heterocycles. The first kappa shape index (κ1) is 20.8. The monoisotopic (exact) mass is 414 g/mol. The topological polar surface area (TPSA) is 70.5 Å². The lowest BCUT2D eigenvalue weighted by Gasteiger charge is -2.19. The average Bonchev–Trinajstić information content (AvgIpc) is 3.19. The standard InChI is InChI=1S/C26H26N2O3/c1-15-5-7-19(8-6-15)25-18(4)23-14-28(26(31)21-12-27-10-9-16(21)2)13-22(23)17(3)20(25)11-24(29)30/h5-10,12H,11,13-14H2,1-4H3,(H,29,30). The maximum Gasteiger partial charge on any atom is 0.307 e. The molecule has 0 aliphatic carbocycles. The lowest BCUT2D eigenvalue weighted by Crippen LogP contribution is -2.26. The van der Waals surface area contributed by atoms with Crippen molar-refractivity contribution in [3.8, 4) is 11.1 Å². The summed E-state index contributed by atoms with van der Waals surface area (Å²) in [6.07, 6.45) is 3.26. The van der Waals surface area contributed by atoms with E-state index in [0.29, 0.717) is 18.7 Å². The Labute approximate surface area is 182 Å². The number of hydrogen-bond donors (Lipinski definition) is 1. The van der Waals surface area contributed by atoms with Crippen molar-refractivity contribution in [2.45, 2.75) is 47.2 Å². The summed E-state index contributed by atoms with van der Waals surface area (Å²) in [4.78, 5) is 30.8. The van der Waals surface area contributed by atoms with Gasteiger partial charge in [0, 0.05) is 25.5 Å². The van der Waals surface area contributed by atoms with Crippen molar-refractivity contribution in [2.24, 2.45) is 0 Å². The van der Waals surface area contributed by atoms with Crippen LogP contribution in [0.3, 0.4) is 0 Å². The predicted molar refractivity (Wildman–Crippen MR) is 120 cm³/mol. The second-order valence-corrected chi connectivity index (χ2v) is 8.35. The number of carboxylic acid groups (broad SMARTS) is 1. The van der Waals surface area contributed by atoms with Gasteiger partial charge in [0.25, 0.3) is 5.91 Å². The van der Waals surface area contributed by atoms with Crippen molar-refractivity contribution in [2.75, 3.05) is 0 Å². The Balaban J connectivity index is 1.82. The molecule has 0 radical (unpaired) electrons. The van der Waals surface area contributed by atoms with Crippen LogP contribution >= 0.6 is 0 Å². The minimum Gasteiger partial charge on any atom is -0.481 e. The summed E-state index contributed by atoms with van der Waals surface area (Å²) in [5.74, 6) is -0.898. The van der Waals surface area contributed by atoms with Crippen LogP contribution in [0.4, 0.5) is 0 Å². The normalized spacial score (nSPS) is 12.7. The molecule has 1 aromatic heterocycles. The van der Waals surface area contributed by atoms with Gasteiger partial charge in [-0.15, -0.1) is 0 Å². The molecule has 2 heterocycles. The van der Waals surface area contributed by atoms with E-state index in [2.05, 4.69) is 4.98 Å². The molecule has 0 bridgehead atoms. The van der Waals surface area contributed by atoms with Crippen LogP contribution in [-0.2, 0) is 24.3 Å². The third kappa shape index (κ3) is 3.72. The Kier molecular flexibility index (Phi) is 5.36. The minimum absolute atomic E-state index is 0.0428. The summed E-state index contributed by atoms with van der Waals surface area (Å²) in [6, 6.07) is 10.0. The molecule has 1 aliphatic rings. The molecule has 0 fully saturated rings. The second kappa shape index (κ2) is 7.99. The number of pyridine rings is 1. The highest BCUT2D eigenvalue weighted by Crippen LogP contribution is 2.40. The number of aryl methyl sites for hydroxylation is 2. The minimum atomic E-state index is -0.854. The van der Waals surface area contributed by atoms with E-state index in [1.807, 2.05) is 62.9 Å². The van der Waals surface area contributed by atoms with Gasteiger partial charge < -0.3 is 10.0 Å². The van der Waals surface area contributed by atoms with Crippen LogP contribution < -0.4 is 0 Å². The molecule has 158 valence electrons. The lowest BCUT2D eigenvalue weighted by molar-refractivity contribution is -0.136. The zero-order chi connectivity index (χ0) is 22.3. The van der Waals surface area contributed by atoms with Crippen molar-refractivity contribution < 1.29 is 14.7 Å². The molecule has 1 aliphatic heterocycles. The van der Waals surface area contributed by atoms with Gasteiger partial charge in [0.15, 0.2) is 0 Å². The van der Waals surface area contributed by atoms with E-state index in [9.17, 15) is 14.7 Å². The maximum absolute atomic E-state index is 13.2. The molecule has 1 amide bonds. The third-order valence-electron chi connectivity index (χ3n) is 6.32. The van der Waals surface area contributed by atoms with E-state index in [4.69, 9.17) is 0 Å². The van der Waals surface area contributed by atoms with Gasteiger partial charge >= 0.3 is 5.97 Å². The largest absolute Gasteiger partial charge is 0.481 e. The fourth-order valence-electron chi connectivity index (χ4n) is 4.55. The van der Waals surface area contributed by atoms with Crippen LogP contribution in [0.1, 0.15) is 49.3 Å². The number of amides is 1. The number of carbonyl (C=O) groups is 2. The number of aliphatic carboxylic acids is 1. The Hall–Kier alpha value is -3.47.